The first-order valence-electron chi connectivity index (χ1n) is 8.94. The highest BCUT2D eigenvalue weighted by atomic mass is 16.3. The van der Waals surface area contributed by atoms with E-state index in [1.54, 1.807) is 29.0 Å². The molecular formula is C20H19N5O3. The van der Waals surface area contributed by atoms with Crippen LogP contribution in [0.2, 0.25) is 0 Å². The highest BCUT2D eigenvalue weighted by molar-refractivity contribution is 5.79. The topological polar surface area (TPSA) is 102 Å². The summed E-state index contributed by atoms with van der Waals surface area (Å²) in [5.41, 5.74) is 1.94. The lowest BCUT2D eigenvalue weighted by Gasteiger charge is -2.17. The molecular weight excluding hydrogens is 358 g/mol. The summed E-state index contributed by atoms with van der Waals surface area (Å²) in [7, 11) is 0. The predicted octanol–water partition coefficient (Wildman–Crippen LogP) is 1.28. The molecule has 142 valence electrons. The van der Waals surface area contributed by atoms with Crippen molar-refractivity contribution in [1.29, 1.82) is 0 Å². The van der Waals surface area contributed by atoms with Crippen LogP contribution in [0.1, 0.15) is 18.0 Å². The van der Waals surface area contributed by atoms with Crippen LogP contribution in [-0.2, 0) is 11.3 Å². The molecule has 0 fully saturated rings. The van der Waals surface area contributed by atoms with E-state index in [-0.39, 0.29) is 31.0 Å². The first-order valence-corrected chi connectivity index (χ1v) is 8.94. The number of pyridine rings is 1. The third-order valence-electron chi connectivity index (χ3n) is 4.66. The zero-order chi connectivity index (χ0) is 19.5. The van der Waals surface area contributed by atoms with E-state index in [4.69, 9.17) is 0 Å². The number of aryl methyl sites for hydroxylation is 1. The third kappa shape index (κ3) is 3.37. The van der Waals surface area contributed by atoms with Crippen LogP contribution in [0.5, 0.6) is 0 Å². The first kappa shape index (κ1) is 17.9. The smallest absolute Gasteiger partial charge is 0.261 e. The van der Waals surface area contributed by atoms with Crippen molar-refractivity contribution in [2.45, 2.75) is 19.0 Å². The van der Waals surface area contributed by atoms with Gasteiger partial charge in [-0.3, -0.25) is 9.59 Å². The Balaban J connectivity index is 1.49. The summed E-state index contributed by atoms with van der Waals surface area (Å²) in [6, 6.07) is 12.3. The van der Waals surface area contributed by atoms with Crippen molar-refractivity contribution in [3.63, 3.8) is 0 Å². The molecule has 0 aliphatic heterocycles. The van der Waals surface area contributed by atoms with Gasteiger partial charge in [-0.15, -0.1) is 0 Å². The van der Waals surface area contributed by atoms with E-state index in [1.807, 2.05) is 30.3 Å². The van der Waals surface area contributed by atoms with Gasteiger partial charge in [0.15, 0.2) is 5.65 Å². The van der Waals surface area contributed by atoms with Gasteiger partial charge in [0, 0.05) is 31.4 Å². The van der Waals surface area contributed by atoms with Gasteiger partial charge in [0.1, 0.15) is 0 Å². The van der Waals surface area contributed by atoms with Gasteiger partial charge in [0.2, 0.25) is 5.91 Å². The van der Waals surface area contributed by atoms with E-state index in [1.165, 1.54) is 10.8 Å². The molecule has 0 bridgehead atoms. The highest BCUT2D eigenvalue weighted by Crippen LogP contribution is 2.12. The summed E-state index contributed by atoms with van der Waals surface area (Å²) in [5, 5.41) is 17.0. The van der Waals surface area contributed by atoms with Gasteiger partial charge in [-0.2, -0.15) is 5.10 Å². The standard InChI is InChI=1S/C20H19N5O3/c26-13-16(14-4-2-1-3-5-14)23-19(27)8-11-24-10-7-17-15(20(24)28)12-21-18-6-9-22-25(17)18/h1-7,9-10,12,16,26H,8,11,13H2,(H,23,27)/t16-/m0/s1. The van der Waals surface area contributed by atoms with Crippen LogP contribution in [0.3, 0.4) is 0 Å². The molecule has 0 saturated heterocycles. The van der Waals surface area contributed by atoms with Crippen molar-refractivity contribution < 1.29 is 9.90 Å². The molecule has 0 aliphatic rings. The quantitative estimate of drug-likeness (QED) is 0.527. The van der Waals surface area contributed by atoms with Crippen molar-refractivity contribution >= 4 is 22.5 Å². The molecule has 8 heteroatoms. The van der Waals surface area contributed by atoms with Gasteiger partial charge < -0.3 is 15.0 Å². The normalized spacial score (nSPS) is 12.3. The highest BCUT2D eigenvalue weighted by Gasteiger charge is 2.14. The number of hydrogen-bond donors (Lipinski definition) is 2. The molecule has 1 amide bonds. The van der Waals surface area contributed by atoms with E-state index < -0.39 is 6.04 Å². The van der Waals surface area contributed by atoms with E-state index in [2.05, 4.69) is 15.4 Å². The number of aliphatic hydroxyl groups is 1. The molecule has 2 N–H and O–H groups in total. The Kier molecular flexibility index (Phi) is 4.86. The SMILES string of the molecule is O=C(CCn1ccc2c(cnc3ccnn32)c1=O)N[C@@H](CO)c1ccccc1. The molecule has 0 saturated carbocycles. The number of hydrogen-bond acceptors (Lipinski definition) is 5. The average Bonchev–Trinajstić information content (AvgIpc) is 3.21. The lowest BCUT2D eigenvalue weighted by Crippen LogP contribution is -2.32. The van der Waals surface area contributed by atoms with Crippen molar-refractivity contribution in [3.8, 4) is 0 Å². The van der Waals surface area contributed by atoms with Crippen LogP contribution >= 0.6 is 0 Å². The van der Waals surface area contributed by atoms with Crippen LogP contribution in [0, 0.1) is 0 Å². The number of aliphatic hydroxyl groups excluding tert-OH is 1. The Labute approximate surface area is 160 Å². The Morgan fingerprint density at radius 1 is 1.18 bits per heavy atom. The largest absolute Gasteiger partial charge is 0.394 e. The number of rotatable bonds is 6. The van der Waals surface area contributed by atoms with E-state index >= 15 is 0 Å². The lowest BCUT2D eigenvalue weighted by molar-refractivity contribution is -0.122. The van der Waals surface area contributed by atoms with Crippen molar-refractivity contribution in [1.82, 2.24) is 24.5 Å². The molecule has 0 aliphatic carbocycles. The van der Waals surface area contributed by atoms with Gasteiger partial charge >= 0.3 is 0 Å². The third-order valence-corrected chi connectivity index (χ3v) is 4.66. The number of carbonyl (C=O) groups excluding carboxylic acids is 1. The molecule has 4 rings (SSSR count). The molecule has 3 heterocycles. The summed E-state index contributed by atoms with van der Waals surface area (Å²) < 4.78 is 3.09. The van der Waals surface area contributed by atoms with Crippen LogP contribution in [-0.4, -0.2) is 36.8 Å². The van der Waals surface area contributed by atoms with E-state index in [0.29, 0.717) is 16.6 Å². The minimum atomic E-state index is -0.473. The Hall–Kier alpha value is -3.52. The summed E-state index contributed by atoms with van der Waals surface area (Å²) in [4.78, 5) is 29.3. The summed E-state index contributed by atoms with van der Waals surface area (Å²) in [6.45, 7) is 0.0297. The number of carbonyl (C=O) groups is 1. The summed E-state index contributed by atoms with van der Waals surface area (Å²) in [6.07, 6.45) is 4.93. The van der Waals surface area contributed by atoms with Crippen LogP contribution in [0.4, 0.5) is 0 Å². The van der Waals surface area contributed by atoms with Crippen LogP contribution in [0.25, 0.3) is 16.6 Å². The fourth-order valence-electron chi connectivity index (χ4n) is 3.18. The van der Waals surface area contributed by atoms with Gasteiger partial charge in [0.05, 0.1) is 29.7 Å². The predicted molar refractivity (Wildman–Crippen MR) is 104 cm³/mol. The van der Waals surface area contributed by atoms with Gasteiger partial charge in [-0.25, -0.2) is 9.50 Å². The molecule has 0 unspecified atom stereocenters. The fourth-order valence-corrected chi connectivity index (χ4v) is 3.18. The van der Waals surface area contributed by atoms with Crippen molar-refractivity contribution in [2.75, 3.05) is 6.61 Å². The summed E-state index contributed by atoms with van der Waals surface area (Å²) in [5.74, 6) is -0.240. The molecule has 1 atom stereocenters. The van der Waals surface area contributed by atoms with Crippen LogP contribution < -0.4 is 10.9 Å². The molecule has 4 aromatic rings. The maximum atomic E-state index is 12.7. The second kappa shape index (κ2) is 7.61. The molecule has 0 spiro atoms. The van der Waals surface area contributed by atoms with Gasteiger partial charge in [-0.1, -0.05) is 30.3 Å². The van der Waals surface area contributed by atoms with Crippen LogP contribution in [0.15, 0.2) is 65.8 Å². The second-order valence-electron chi connectivity index (χ2n) is 6.44. The van der Waals surface area contributed by atoms with Crippen molar-refractivity contribution in [3.05, 3.63) is 77.0 Å². The number of amides is 1. The number of aromatic nitrogens is 4. The molecule has 0 radical (unpaired) electrons. The molecule has 8 nitrogen and oxygen atoms in total. The zero-order valence-electron chi connectivity index (χ0n) is 15.0. The fraction of sp³-hybridized carbons (Fsp3) is 0.200. The molecule has 3 aromatic heterocycles. The molecule has 28 heavy (non-hydrogen) atoms. The second-order valence-corrected chi connectivity index (χ2v) is 6.44. The monoisotopic (exact) mass is 377 g/mol. The van der Waals surface area contributed by atoms with Crippen molar-refractivity contribution in [2.24, 2.45) is 0 Å². The number of fused-ring (bicyclic) bond motifs is 3. The lowest BCUT2D eigenvalue weighted by atomic mass is 10.1. The van der Waals surface area contributed by atoms with Gasteiger partial charge in [-0.05, 0) is 11.6 Å². The van der Waals surface area contributed by atoms with E-state index in [9.17, 15) is 14.7 Å². The van der Waals surface area contributed by atoms with E-state index in [0.717, 1.165) is 5.56 Å². The summed E-state index contributed by atoms with van der Waals surface area (Å²) >= 11 is 0. The average molecular weight is 377 g/mol. The zero-order valence-corrected chi connectivity index (χ0v) is 15.0. The maximum Gasteiger partial charge on any atom is 0.261 e. The minimum absolute atomic E-state index is 0.117. The Morgan fingerprint density at radius 3 is 2.79 bits per heavy atom. The Bertz CT molecular complexity index is 1180. The van der Waals surface area contributed by atoms with Gasteiger partial charge in [0.25, 0.3) is 5.56 Å². The number of nitrogens with zero attached hydrogens (tertiary/aromatic N) is 4. The Morgan fingerprint density at radius 2 is 2.00 bits per heavy atom. The number of benzene rings is 1. The molecule has 1 aromatic carbocycles. The maximum absolute atomic E-state index is 12.7. The minimum Gasteiger partial charge on any atom is -0.394 e. The number of nitrogens with one attached hydrogen (secondary N) is 1. The first-order chi connectivity index (χ1) is 13.7.